The quantitative estimate of drug-likeness (QED) is 0.773. The van der Waals surface area contributed by atoms with Gasteiger partial charge in [0.25, 0.3) is 0 Å². The summed E-state index contributed by atoms with van der Waals surface area (Å²) in [5, 5.41) is 17.7. The number of rotatable bonds is 2. The lowest BCUT2D eigenvalue weighted by Gasteiger charge is -2.17. The lowest BCUT2D eigenvalue weighted by atomic mass is 9.89. The summed E-state index contributed by atoms with van der Waals surface area (Å²) in [6, 6.07) is 6.82. The second-order valence-electron chi connectivity index (χ2n) is 3.96. The monoisotopic (exact) mass is 217 g/mol. The van der Waals surface area contributed by atoms with Crippen LogP contribution in [-0.2, 0) is 6.42 Å². The number of nitriles is 1. The minimum Gasteiger partial charge on any atom is -0.378 e. The van der Waals surface area contributed by atoms with Crippen molar-refractivity contribution in [2.75, 3.05) is 0 Å². The molecular weight excluding hydrogens is 205 g/mol. The predicted molar refractivity (Wildman–Crippen MR) is 58.9 cm³/mol. The van der Waals surface area contributed by atoms with Crippen molar-refractivity contribution in [1.29, 1.82) is 5.26 Å². The Morgan fingerprint density at radius 1 is 1.44 bits per heavy atom. The Morgan fingerprint density at radius 2 is 2.25 bits per heavy atom. The highest BCUT2D eigenvalue weighted by atomic mass is 19.1. The summed E-state index contributed by atoms with van der Waals surface area (Å²) in [7, 11) is 0. The molecule has 2 nitrogen and oxygen atoms in total. The van der Waals surface area contributed by atoms with Crippen LogP contribution in [0.2, 0.25) is 0 Å². The second-order valence-corrected chi connectivity index (χ2v) is 3.96. The minimum absolute atomic E-state index is 0.235. The van der Waals surface area contributed by atoms with E-state index in [0.717, 1.165) is 24.0 Å². The van der Waals surface area contributed by atoms with Crippen molar-refractivity contribution in [2.45, 2.75) is 25.4 Å². The van der Waals surface area contributed by atoms with Gasteiger partial charge in [-0.25, -0.2) is 4.39 Å². The van der Waals surface area contributed by atoms with E-state index in [9.17, 15) is 9.50 Å². The van der Waals surface area contributed by atoms with Gasteiger partial charge in [0.2, 0.25) is 0 Å². The lowest BCUT2D eigenvalue weighted by molar-refractivity contribution is 0.229. The summed E-state index contributed by atoms with van der Waals surface area (Å²) >= 11 is 0. The Morgan fingerprint density at radius 3 is 3.00 bits per heavy atom. The maximum absolute atomic E-state index is 13.5. The highest BCUT2D eigenvalue weighted by Gasteiger charge is 2.15. The molecule has 0 radical (unpaired) electrons. The zero-order valence-electron chi connectivity index (χ0n) is 8.78. The molecule has 0 aliphatic heterocycles. The maximum Gasteiger partial charge on any atom is 0.144 e. The van der Waals surface area contributed by atoms with Gasteiger partial charge >= 0.3 is 0 Å². The van der Waals surface area contributed by atoms with Crippen LogP contribution in [0.3, 0.4) is 0 Å². The molecule has 16 heavy (non-hydrogen) atoms. The van der Waals surface area contributed by atoms with E-state index in [0.29, 0.717) is 12.0 Å². The van der Waals surface area contributed by atoms with Crippen LogP contribution in [-0.4, -0.2) is 11.2 Å². The standard InChI is InChI=1S/C13H12FNO/c14-13-3-1-2-10-5-4-9(7-12(10)13)6-11(16)8-15/h1-3,7,11,16H,4-6H2/t11-/m0/s1. The van der Waals surface area contributed by atoms with E-state index in [1.54, 1.807) is 18.2 Å². The van der Waals surface area contributed by atoms with Crippen LogP contribution in [0.1, 0.15) is 24.0 Å². The molecule has 0 heterocycles. The summed E-state index contributed by atoms with van der Waals surface area (Å²) < 4.78 is 13.5. The second kappa shape index (κ2) is 4.46. The molecule has 1 N–H and O–H groups in total. The summed E-state index contributed by atoms with van der Waals surface area (Å²) in [4.78, 5) is 0. The van der Waals surface area contributed by atoms with Crippen molar-refractivity contribution >= 4 is 6.08 Å². The highest BCUT2D eigenvalue weighted by Crippen LogP contribution is 2.28. The number of halogens is 1. The van der Waals surface area contributed by atoms with Gasteiger partial charge in [-0.2, -0.15) is 5.26 Å². The molecule has 0 saturated carbocycles. The van der Waals surface area contributed by atoms with Crippen molar-refractivity contribution in [3.63, 3.8) is 0 Å². The summed E-state index contributed by atoms with van der Waals surface area (Å²) in [5.74, 6) is -0.235. The fraction of sp³-hybridized carbons (Fsp3) is 0.308. The van der Waals surface area contributed by atoms with Crippen molar-refractivity contribution in [3.8, 4) is 6.07 Å². The maximum atomic E-state index is 13.5. The number of hydrogen-bond donors (Lipinski definition) is 1. The first-order valence-corrected chi connectivity index (χ1v) is 5.25. The van der Waals surface area contributed by atoms with Crippen LogP contribution in [0.25, 0.3) is 6.08 Å². The molecule has 0 bridgehead atoms. The van der Waals surface area contributed by atoms with Crippen molar-refractivity contribution in [2.24, 2.45) is 0 Å². The SMILES string of the molecule is N#C[C@@H](O)CC1=Cc2c(F)cccc2CC1. The number of aliphatic hydroxyl groups is 1. The Kier molecular flexibility index (Phi) is 3.02. The van der Waals surface area contributed by atoms with Gasteiger partial charge in [-0.05, 0) is 24.5 Å². The first-order chi connectivity index (χ1) is 7.70. The summed E-state index contributed by atoms with van der Waals surface area (Å²) in [6.45, 7) is 0. The molecule has 1 aliphatic rings. The van der Waals surface area contributed by atoms with Crippen LogP contribution in [0, 0.1) is 17.1 Å². The zero-order valence-corrected chi connectivity index (χ0v) is 8.78. The first-order valence-electron chi connectivity index (χ1n) is 5.25. The molecule has 1 aromatic carbocycles. The Hall–Kier alpha value is -1.66. The number of fused-ring (bicyclic) bond motifs is 1. The third-order valence-electron chi connectivity index (χ3n) is 2.81. The van der Waals surface area contributed by atoms with E-state index < -0.39 is 6.10 Å². The molecule has 0 fully saturated rings. The lowest BCUT2D eigenvalue weighted by Crippen LogP contribution is -2.08. The van der Waals surface area contributed by atoms with Crippen molar-refractivity contribution < 1.29 is 9.50 Å². The smallest absolute Gasteiger partial charge is 0.144 e. The van der Waals surface area contributed by atoms with E-state index in [-0.39, 0.29) is 5.82 Å². The number of aryl methyl sites for hydroxylation is 1. The van der Waals surface area contributed by atoms with Crippen LogP contribution in [0.4, 0.5) is 4.39 Å². The van der Waals surface area contributed by atoms with Crippen LogP contribution < -0.4 is 0 Å². The van der Waals surface area contributed by atoms with Crippen LogP contribution in [0.15, 0.2) is 23.8 Å². The number of aliphatic hydroxyl groups excluding tert-OH is 1. The Balaban J connectivity index is 2.28. The molecule has 0 spiro atoms. The molecule has 1 aliphatic carbocycles. The molecule has 1 aromatic rings. The van der Waals surface area contributed by atoms with Gasteiger partial charge in [-0.1, -0.05) is 23.8 Å². The summed E-state index contributed by atoms with van der Waals surface area (Å²) in [5.41, 5.74) is 2.54. The van der Waals surface area contributed by atoms with E-state index in [2.05, 4.69) is 0 Å². The number of benzene rings is 1. The van der Waals surface area contributed by atoms with E-state index >= 15 is 0 Å². The fourth-order valence-electron chi connectivity index (χ4n) is 1.99. The Labute approximate surface area is 93.6 Å². The number of nitrogens with zero attached hydrogens (tertiary/aromatic N) is 1. The van der Waals surface area contributed by atoms with Gasteiger partial charge in [0.15, 0.2) is 0 Å². The average Bonchev–Trinajstić information content (AvgIpc) is 2.30. The molecular formula is C13H12FNO. The van der Waals surface area contributed by atoms with Crippen LogP contribution in [0.5, 0.6) is 0 Å². The largest absolute Gasteiger partial charge is 0.378 e. The number of hydrogen-bond acceptors (Lipinski definition) is 2. The average molecular weight is 217 g/mol. The minimum atomic E-state index is -0.987. The molecule has 2 rings (SSSR count). The topological polar surface area (TPSA) is 44.0 Å². The van der Waals surface area contributed by atoms with Gasteiger partial charge in [0, 0.05) is 12.0 Å². The molecule has 82 valence electrons. The third-order valence-corrected chi connectivity index (χ3v) is 2.81. The van der Waals surface area contributed by atoms with E-state index in [1.165, 1.54) is 6.07 Å². The van der Waals surface area contributed by atoms with Gasteiger partial charge in [0.1, 0.15) is 11.9 Å². The van der Waals surface area contributed by atoms with Crippen LogP contribution >= 0.6 is 0 Å². The third kappa shape index (κ3) is 2.12. The highest BCUT2D eigenvalue weighted by molar-refractivity contribution is 5.60. The van der Waals surface area contributed by atoms with E-state index in [4.69, 9.17) is 5.26 Å². The van der Waals surface area contributed by atoms with Gasteiger partial charge in [-0.3, -0.25) is 0 Å². The van der Waals surface area contributed by atoms with Gasteiger partial charge < -0.3 is 5.11 Å². The molecule has 1 atom stereocenters. The first kappa shape index (κ1) is 10.8. The van der Waals surface area contributed by atoms with Gasteiger partial charge in [-0.15, -0.1) is 0 Å². The van der Waals surface area contributed by atoms with Crippen molar-refractivity contribution in [3.05, 3.63) is 40.7 Å². The molecule has 0 amide bonds. The fourth-order valence-corrected chi connectivity index (χ4v) is 1.99. The molecule has 0 aromatic heterocycles. The Bertz CT molecular complexity index is 473. The van der Waals surface area contributed by atoms with E-state index in [1.807, 2.05) is 6.07 Å². The molecule has 3 heteroatoms. The van der Waals surface area contributed by atoms with Gasteiger partial charge in [0.05, 0.1) is 6.07 Å². The molecule has 0 saturated heterocycles. The predicted octanol–water partition coefficient (Wildman–Crippen LogP) is 2.43. The van der Waals surface area contributed by atoms with Crippen molar-refractivity contribution in [1.82, 2.24) is 0 Å². The summed E-state index contributed by atoms with van der Waals surface area (Å²) in [6.07, 6.45) is 2.64. The normalized spacial score (nSPS) is 15.9. The zero-order chi connectivity index (χ0) is 11.5. The molecule has 0 unspecified atom stereocenters.